The lowest BCUT2D eigenvalue weighted by Gasteiger charge is -2.44. The number of carbonyl (C=O) groups excluding carboxylic acids is 1. The molecule has 1 aromatic heterocycles. The summed E-state index contributed by atoms with van der Waals surface area (Å²) >= 11 is 0. The van der Waals surface area contributed by atoms with Crippen LogP contribution >= 0.6 is 0 Å². The Balaban J connectivity index is 1.63. The van der Waals surface area contributed by atoms with E-state index in [9.17, 15) is 4.79 Å². The molecule has 0 radical (unpaired) electrons. The van der Waals surface area contributed by atoms with E-state index in [-0.39, 0.29) is 5.91 Å². The summed E-state index contributed by atoms with van der Waals surface area (Å²) in [7, 11) is 1.68. The highest BCUT2D eigenvalue weighted by molar-refractivity contribution is 5.98. The number of pyridine rings is 1. The molecule has 0 spiro atoms. The lowest BCUT2D eigenvalue weighted by atomic mass is 9.60. The molecule has 3 aliphatic carbocycles. The second kappa shape index (κ2) is 5.00. The summed E-state index contributed by atoms with van der Waals surface area (Å²) in [6.07, 6.45) is 7.49. The van der Waals surface area contributed by atoms with Crippen LogP contribution in [0.4, 0.5) is 5.82 Å². The molecule has 2 bridgehead atoms. The number of hydrogen-bond acceptors (Lipinski definition) is 3. The van der Waals surface area contributed by atoms with Crippen molar-refractivity contribution >= 4 is 11.7 Å². The zero-order chi connectivity index (χ0) is 14.4. The molecular formula is C17H23N3O. The Bertz CT molecular complexity index is 531. The van der Waals surface area contributed by atoms with Crippen LogP contribution in [0, 0.1) is 23.7 Å². The van der Waals surface area contributed by atoms with Gasteiger partial charge in [-0.15, -0.1) is 0 Å². The summed E-state index contributed by atoms with van der Waals surface area (Å²) in [5.74, 6) is 4.34. The fourth-order valence-corrected chi connectivity index (χ4v) is 4.99. The van der Waals surface area contributed by atoms with Gasteiger partial charge in [0.2, 0.25) is 0 Å². The third kappa shape index (κ3) is 2.03. The maximum Gasteiger partial charge on any atom is 0.254 e. The number of nitrogens with zero attached hydrogens (tertiary/aromatic N) is 2. The van der Waals surface area contributed by atoms with E-state index in [4.69, 9.17) is 0 Å². The molecule has 4 nitrogen and oxygen atoms in total. The Kier molecular flexibility index (Phi) is 3.12. The maximum atomic E-state index is 12.1. The van der Waals surface area contributed by atoms with Crippen LogP contribution in [-0.4, -0.2) is 31.0 Å². The van der Waals surface area contributed by atoms with Crippen LogP contribution in [0.5, 0.6) is 0 Å². The summed E-state index contributed by atoms with van der Waals surface area (Å²) in [6, 6.07) is 3.73. The van der Waals surface area contributed by atoms with E-state index in [1.54, 1.807) is 13.2 Å². The van der Waals surface area contributed by atoms with Crippen molar-refractivity contribution in [2.45, 2.75) is 25.7 Å². The van der Waals surface area contributed by atoms with E-state index >= 15 is 0 Å². The first kappa shape index (κ1) is 13.1. The van der Waals surface area contributed by atoms with Crippen LogP contribution in [0.25, 0.3) is 0 Å². The van der Waals surface area contributed by atoms with Crippen molar-refractivity contribution in [3.8, 4) is 0 Å². The number of carbonyl (C=O) groups is 1. The topological polar surface area (TPSA) is 45.2 Å². The summed E-state index contributed by atoms with van der Waals surface area (Å²) in [5, 5.41) is 2.73. The fourth-order valence-electron chi connectivity index (χ4n) is 4.99. The number of hydrogen-bond donors (Lipinski definition) is 1. The van der Waals surface area contributed by atoms with Gasteiger partial charge in [-0.25, -0.2) is 4.98 Å². The highest BCUT2D eigenvalue weighted by Gasteiger charge is 2.48. The van der Waals surface area contributed by atoms with Crippen LogP contribution in [0.2, 0.25) is 0 Å². The Morgan fingerprint density at radius 1 is 1.19 bits per heavy atom. The summed E-state index contributed by atoms with van der Waals surface area (Å²) in [5.41, 5.74) is 0.714. The minimum absolute atomic E-state index is 0.0315. The molecule has 4 aliphatic rings. The van der Waals surface area contributed by atoms with Crippen LogP contribution in [-0.2, 0) is 0 Å². The predicted molar refractivity (Wildman–Crippen MR) is 82.3 cm³/mol. The maximum absolute atomic E-state index is 12.1. The molecule has 112 valence electrons. The molecule has 2 heterocycles. The second-order valence-electron chi connectivity index (χ2n) is 6.86. The zero-order valence-electron chi connectivity index (χ0n) is 12.6. The van der Waals surface area contributed by atoms with Gasteiger partial charge in [0.15, 0.2) is 0 Å². The number of aromatic nitrogens is 1. The van der Waals surface area contributed by atoms with Gasteiger partial charge in [0.25, 0.3) is 5.91 Å². The van der Waals surface area contributed by atoms with Crippen molar-refractivity contribution < 1.29 is 4.79 Å². The van der Waals surface area contributed by atoms with E-state index in [2.05, 4.69) is 15.2 Å². The van der Waals surface area contributed by atoms with Gasteiger partial charge in [-0.1, -0.05) is 0 Å². The van der Waals surface area contributed by atoms with Gasteiger partial charge >= 0.3 is 0 Å². The van der Waals surface area contributed by atoms with Crippen LogP contribution in [0.1, 0.15) is 36.0 Å². The third-order valence-electron chi connectivity index (χ3n) is 6.00. The van der Waals surface area contributed by atoms with E-state index in [1.807, 2.05) is 12.1 Å². The van der Waals surface area contributed by atoms with E-state index in [0.717, 1.165) is 42.6 Å². The smallest absolute Gasteiger partial charge is 0.254 e. The minimum Gasteiger partial charge on any atom is -0.355 e. The number of amides is 1. The van der Waals surface area contributed by atoms with E-state index < -0.39 is 0 Å². The second-order valence-corrected chi connectivity index (χ2v) is 6.86. The largest absolute Gasteiger partial charge is 0.355 e. The van der Waals surface area contributed by atoms with Gasteiger partial charge in [0, 0.05) is 26.3 Å². The molecule has 1 amide bonds. The minimum atomic E-state index is -0.0315. The highest BCUT2D eigenvalue weighted by atomic mass is 16.1. The van der Waals surface area contributed by atoms with Gasteiger partial charge in [-0.2, -0.15) is 0 Å². The van der Waals surface area contributed by atoms with E-state index in [1.165, 1.54) is 25.7 Å². The average Bonchev–Trinajstić information content (AvgIpc) is 3.02. The van der Waals surface area contributed by atoms with Crippen molar-refractivity contribution in [3.63, 3.8) is 0 Å². The molecule has 3 saturated carbocycles. The Morgan fingerprint density at radius 2 is 1.81 bits per heavy atom. The van der Waals surface area contributed by atoms with Gasteiger partial charge < -0.3 is 10.2 Å². The monoisotopic (exact) mass is 285 g/mol. The summed E-state index contributed by atoms with van der Waals surface area (Å²) in [4.78, 5) is 19.0. The Labute approximate surface area is 125 Å². The lowest BCUT2D eigenvalue weighted by Crippen LogP contribution is -2.38. The normalized spacial score (nSPS) is 33.9. The standard InChI is InChI=1S/C17H23N3O/c1-18-17(21)13-3-2-8-19-16(13)20-9-14-11-4-5-12(7-6-11)15(14)10-20/h2-3,8,11-12,14-15H,4-7,9-10H2,1H3,(H,18,21)/t11?,12?,14-,15+. The molecule has 5 rings (SSSR count). The molecule has 1 saturated heterocycles. The first-order valence-corrected chi connectivity index (χ1v) is 8.20. The summed E-state index contributed by atoms with van der Waals surface area (Å²) in [6.45, 7) is 2.18. The van der Waals surface area contributed by atoms with Gasteiger partial charge in [0.1, 0.15) is 5.82 Å². The van der Waals surface area contributed by atoms with Crippen molar-refractivity contribution in [2.75, 3.05) is 25.0 Å². The molecule has 21 heavy (non-hydrogen) atoms. The summed E-state index contributed by atoms with van der Waals surface area (Å²) < 4.78 is 0. The van der Waals surface area contributed by atoms with Crippen molar-refractivity contribution in [1.29, 1.82) is 0 Å². The van der Waals surface area contributed by atoms with Gasteiger partial charge in [-0.05, 0) is 61.5 Å². The molecule has 1 aliphatic heterocycles. The number of rotatable bonds is 2. The first-order chi connectivity index (χ1) is 10.3. The number of nitrogens with one attached hydrogen (secondary N) is 1. The molecule has 0 aromatic carbocycles. The fraction of sp³-hybridized carbons (Fsp3) is 0.647. The average molecular weight is 285 g/mol. The Hall–Kier alpha value is -1.58. The van der Waals surface area contributed by atoms with E-state index in [0.29, 0.717) is 5.56 Å². The molecule has 4 fully saturated rings. The number of fused-ring (bicyclic) bond motifs is 2. The highest BCUT2D eigenvalue weighted by Crippen LogP contribution is 2.52. The Morgan fingerprint density at radius 3 is 2.38 bits per heavy atom. The molecule has 0 unspecified atom stereocenters. The van der Waals surface area contributed by atoms with Crippen molar-refractivity contribution in [3.05, 3.63) is 23.9 Å². The van der Waals surface area contributed by atoms with Gasteiger partial charge in [-0.3, -0.25) is 4.79 Å². The molecule has 1 aromatic rings. The van der Waals surface area contributed by atoms with Crippen molar-refractivity contribution in [2.24, 2.45) is 23.7 Å². The SMILES string of the molecule is CNC(=O)c1cccnc1N1C[C@@H]2C3CCC(CC3)[C@@H]2C1. The quantitative estimate of drug-likeness (QED) is 0.907. The zero-order valence-corrected chi connectivity index (χ0v) is 12.6. The molecule has 1 N–H and O–H groups in total. The third-order valence-corrected chi connectivity index (χ3v) is 6.00. The molecule has 2 atom stereocenters. The molecular weight excluding hydrogens is 262 g/mol. The van der Waals surface area contributed by atoms with Crippen LogP contribution < -0.4 is 10.2 Å². The lowest BCUT2D eigenvalue weighted by molar-refractivity contribution is 0.0577. The van der Waals surface area contributed by atoms with Crippen LogP contribution in [0.3, 0.4) is 0 Å². The van der Waals surface area contributed by atoms with Crippen molar-refractivity contribution in [1.82, 2.24) is 10.3 Å². The first-order valence-electron chi connectivity index (χ1n) is 8.20. The predicted octanol–water partition coefficient (Wildman–Crippen LogP) is 2.31. The molecule has 4 heteroatoms. The van der Waals surface area contributed by atoms with Gasteiger partial charge in [0.05, 0.1) is 5.56 Å². The van der Waals surface area contributed by atoms with Crippen LogP contribution in [0.15, 0.2) is 18.3 Å². The number of anilines is 1.